The summed E-state index contributed by atoms with van der Waals surface area (Å²) in [5.41, 5.74) is 1.15. The first-order valence-corrected chi connectivity index (χ1v) is 4.93. The van der Waals surface area contributed by atoms with Crippen LogP contribution in [0, 0.1) is 0 Å². The number of aryl methyl sites for hydroxylation is 1. The van der Waals surface area contributed by atoms with Crippen molar-refractivity contribution in [2.45, 2.75) is 19.7 Å². The maximum Gasteiger partial charge on any atom is 0.522 e. The van der Waals surface area contributed by atoms with Crippen LogP contribution in [0.25, 0.3) is 0 Å². The minimum absolute atomic E-state index is 0.120. The Morgan fingerprint density at radius 1 is 1.06 bits per heavy atom. The highest BCUT2D eigenvalue weighted by Crippen LogP contribution is 2.16. The molecule has 16 heavy (non-hydrogen) atoms. The van der Waals surface area contributed by atoms with Crippen LogP contribution < -0.4 is 4.74 Å². The highest BCUT2D eigenvalue weighted by molar-refractivity contribution is 5.27. The molecule has 0 aliphatic heterocycles. The van der Waals surface area contributed by atoms with Gasteiger partial charge in [-0.3, -0.25) is 4.74 Å². The monoisotopic (exact) mass is 234 g/mol. The van der Waals surface area contributed by atoms with Gasteiger partial charge in [-0.15, -0.1) is 13.2 Å². The molecule has 1 aromatic carbocycles. The van der Waals surface area contributed by atoms with Crippen molar-refractivity contribution in [3.8, 4) is 5.75 Å². The van der Waals surface area contributed by atoms with Crippen molar-refractivity contribution in [3.05, 3.63) is 29.8 Å². The zero-order valence-corrected chi connectivity index (χ0v) is 8.88. The maximum atomic E-state index is 11.6. The van der Waals surface area contributed by atoms with Gasteiger partial charge in [0, 0.05) is 0 Å². The molecule has 1 rings (SSSR count). The third kappa shape index (κ3) is 5.02. The molecule has 0 N–H and O–H groups in total. The van der Waals surface area contributed by atoms with Crippen LogP contribution >= 0.6 is 0 Å². The fourth-order valence-electron chi connectivity index (χ4n) is 1.14. The van der Waals surface area contributed by atoms with Gasteiger partial charge in [0.25, 0.3) is 0 Å². The van der Waals surface area contributed by atoms with Gasteiger partial charge in [-0.1, -0.05) is 19.1 Å². The number of hydrogen-bond donors (Lipinski definition) is 0. The van der Waals surface area contributed by atoms with E-state index in [1.807, 2.05) is 19.1 Å². The Bertz CT molecular complexity index is 306. The van der Waals surface area contributed by atoms with Crippen LogP contribution in [0.2, 0.25) is 0 Å². The van der Waals surface area contributed by atoms with Gasteiger partial charge >= 0.3 is 6.36 Å². The van der Waals surface area contributed by atoms with E-state index in [4.69, 9.17) is 4.74 Å². The van der Waals surface area contributed by atoms with E-state index in [0.717, 1.165) is 12.0 Å². The normalized spacial score (nSPS) is 11.5. The number of hydrogen-bond acceptors (Lipinski definition) is 2. The standard InChI is InChI=1S/C11H13F3O2/c1-2-9-3-5-10(6-4-9)15-7-8-16-11(12,13)14/h3-6H,2,7-8H2,1H3. The largest absolute Gasteiger partial charge is 0.522 e. The van der Waals surface area contributed by atoms with E-state index in [2.05, 4.69) is 4.74 Å². The van der Waals surface area contributed by atoms with Crippen LogP contribution in [0.3, 0.4) is 0 Å². The molecule has 0 spiro atoms. The van der Waals surface area contributed by atoms with E-state index in [-0.39, 0.29) is 6.61 Å². The van der Waals surface area contributed by atoms with Gasteiger partial charge in [-0.05, 0) is 24.1 Å². The van der Waals surface area contributed by atoms with E-state index in [1.54, 1.807) is 12.1 Å². The zero-order chi connectivity index (χ0) is 12.0. The van der Waals surface area contributed by atoms with Crippen LogP contribution in [0.1, 0.15) is 12.5 Å². The fourth-order valence-corrected chi connectivity index (χ4v) is 1.14. The van der Waals surface area contributed by atoms with Gasteiger partial charge in [0.15, 0.2) is 0 Å². The zero-order valence-electron chi connectivity index (χ0n) is 8.88. The fraction of sp³-hybridized carbons (Fsp3) is 0.455. The van der Waals surface area contributed by atoms with Crippen molar-refractivity contribution < 1.29 is 22.6 Å². The Morgan fingerprint density at radius 2 is 1.69 bits per heavy atom. The van der Waals surface area contributed by atoms with Gasteiger partial charge < -0.3 is 4.74 Å². The maximum absolute atomic E-state index is 11.6. The van der Waals surface area contributed by atoms with Crippen molar-refractivity contribution in [2.24, 2.45) is 0 Å². The first kappa shape index (κ1) is 12.8. The second kappa shape index (κ2) is 5.75. The third-order valence-electron chi connectivity index (χ3n) is 1.95. The van der Waals surface area contributed by atoms with Crippen LogP contribution in [0.15, 0.2) is 24.3 Å². The van der Waals surface area contributed by atoms with E-state index in [1.165, 1.54) is 0 Å². The average Bonchev–Trinajstić information content (AvgIpc) is 2.24. The Morgan fingerprint density at radius 3 is 2.19 bits per heavy atom. The van der Waals surface area contributed by atoms with E-state index in [9.17, 15) is 13.2 Å². The van der Waals surface area contributed by atoms with E-state index < -0.39 is 13.0 Å². The van der Waals surface area contributed by atoms with Gasteiger partial charge in [0.05, 0.1) is 6.61 Å². The minimum Gasteiger partial charge on any atom is -0.491 e. The smallest absolute Gasteiger partial charge is 0.491 e. The van der Waals surface area contributed by atoms with Gasteiger partial charge in [-0.25, -0.2) is 0 Å². The molecular formula is C11H13F3O2. The highest BCUT2D eigenvalue weighted by atomic mass is 19.4. The predicted molar refractivity (Wildman–Crippen MR) is 53.3 cm³/mol. The van der Waals surface area contributed by atoms with Crippen molar-refractivity contribution in [1.29, 1.82) is 0 Å². The lowest BCUT2D eigenvalue weighted by Crippen LogP contribution is -2.18. The summed E-state index contributed by atoms with van der Waals surface area (Å²) in [4.78, 5) is 0. The molecule has 0 aliphatic carbocycles. The Kier molecular flexibility index (Phi) is 4.61. The SMILES string of the molecule is CCc1ccc(OCCOC(F)(F)F)cc1. The third-order valence-corrected chi connectivity index (χ3v) is 1.95. The molecule has 0 aliphatic rings. The number of rotatable bonds is 5. The second-order valence-corrected chi connectivity index (χ2v) is 3.14. The lowest BCUT2D eigenvalue weighted by atomic mass is 10.2. The van der Waals surface area contributed by atoms with Crippen LogP contribution in [-0.2, 0) is 11.2 Å². The summed E-state index contributed by atoms with van der Waals surface area (Å²) in [7, 11) is 0. The summed E-state index contributed by atoms with van der Waals surface area (Å²) >= 11 is 0. The molecule has 0 unspecified atom stereocenters. The average molecular weight is 234 g/mol. The van der Waals surface area contributed by atoms with Crippen molar-refractivity contribution in [2.75, 3.05) is 13.2 Å². The molecule has 0 fully saturated rings. The molecule has 0 radical (unpaired) electrons. The number of benzene rings is 1. The van der Waals surface area contributed by atoms with Crippen molar-refractivity contribution in [1.82, 2.24) is 0 Å². The summed E-state index contributed by atoms with van der Waals surface area (Å²) in [6.45, 7) is 1.40. The summed E-state index contributed by atoms with van der Waals surface area (Å²) in [5, 5.41) is 0. The first-order valence-electron chi connectivity index (χ1n) is 4.93. The van der Waals surface area contributed by atoms with E-state index >= 15 is 0 Å². The van der Waals surface area contributed by atoms with Crippen LogP contribution in [0.4, 0.5) is 13.2 Å². The molecule has 1 aromatic rings. The molecule has 0 bridgehead atoms. The molecule has 90 valence electrons. The molecule has 0 saturated carbocycles. The minimum atomic E-state index is -4.59. The van der Waals surface area contributed by atoms with Crippen LogP contribution in [0.5, 0.6) is 5.75 Å². The molecule has 0 saturated heterocycles. The topological polar surface area (TPSA) is 18.5 Å². The van der Waals surface area contributed by atoms with E-state index in [0.29, 0.717) is 5.75 Å². The van der Waals surface area contributed by atoms with Gasteiger partial charge in [0.2, 0.25) is 0 Å². The summed E-state index contributed by atoms with van der Waals surface area (Å²) in [5.74, 6) is 0.544. The number of halogens is 3. The van der Waals surface area contributed by atoms with Crippen molar-refractivity contribution in [3.63, 3.8) is 0 Å². The number of ether oxygens (including phenoxy) is 2. The summed E-state index contributed by atoms with van der Waals surface area (Å²) in [6.07, 6.45) is -3.67. The highest BCUT2D eigenvalue weighted by Gasteiger charge is 2.28. The molecule has 0 atom stereocenters. The Balaban J connectivity index is 2.27. The lowest BCUT2D eigenvalue weighted by molar-refractivity contribution is -0.325. The molecule has 0 aromatic heterocycles. The van der Waals surface area contributed by atoms with Gasteiger partial charge in [0.1, 0.15) is 12.4 Å². The molecule has 0 heterocycles. The quantitative estimate of drug-likeness (QED) is 0.728. The molecular weight excluding hydrogens is 221 g/mol. The lowest BCUT2D eigenvalue weighted by Gasteiger charge is -2.09. The molecule has 5 heteroatoms. The number of alkyl halides is 3. The summed E-state index contributed by atoms with van der Waals surface area (Å²) in [6, 6.07) is 7.21. The first-order chi connectivity index (χ1) is 7.51. The van der Waals surface area contributed by atoms with Crippen LogP contribution in [-0.4, -0.2) is 19.6 Å². The second-order valence-electron chi connectivity index (χ2n) is 3.14. The summed E-state index contributed by atoms with van der Waals surface area (Å²) < 4.78 is 43.5. The Labute approximate surface area is 92.0 Å². The molecule has 0 amide bonds. The van der Waals surface area contributed by atoms with Gasteiger partial charge in [-0.2, -0.15) is 0 Å². The van der Waals surface area contributed by atoms with Crippen molar-refractivity contribution >= 4 is 0 Å². The molecule has 2 nitrogen and oxygen atoms in total. The predicted octanol–water partition coefficient (Wildman–Crippen LogP) is 3.16. The Hall–Kier alpha value is -1.23.